The van der Waals surface area contributed by atoms with Crippen LogP contribution in [0.3, 0.4) is 0 Å². The predicted octanol–water partition coefficient (Wildman–Crippen LogP) is 2.81. The standard InChI is InChI=1S/C13H13BrN2O2S/c14-8-1-2-12-10(5-8)11(3-4-18-12)15-6-9-7-19-13(17)16-9/h1-2,5,7,11,15H,3-4,6H2,(H,16,17). The van der Waals surface area contributed by atoms with Crippen molar-refractivity contribution in [3.05, 3.63) is 49.0 Å². The van der Waals surface area contributed by atoms with Gasteiger partial charge in [0, 0.05) is 40.1 Å². The minimum Gasteiger partial charge on any atom is -0.493 e. The monoisotopic (exact) mass is 340 g/mol. The van der Waals surface area contributed by atoms with Crippen LogP contribution in [0.4, 0.5) is 0 Å². The first kappa shape index (κ1) is 12.9. The van der Waals surface area contributed by atoms with Crippen LogP contribution < -0.4 is 14.9 Å². The number of hydrogen-bond acceptors (Lipinski definition) is 4. The van der Waals surface area contributed by atoms with Gasteiger partial charge in [0.25, 0.3) is 0 Å². The van der Waals surface area contributed by atoms with E-state index in [9.17, 15) is 4.79 Å². The fraction of sp³-hybridized carbons (Fsp3) is 0.308. The molecule has 2 aromatic rings. The van der Waals surface area contributed by atoms with Crippen molar-refractivity contribution in [3.8, 4) is 5.75 Å². The van der Waals surface area contributed by atoms with Crippen LogP contribution in [0, 0.1) is 0 Å². The first-order valence-corrected chi connectivity index (χ1v) is 7.72. The van der Waals surface area contributed by atoms with Gasteiger partial charge in [-0.15, -0.1) is 0 Å². The second kappa shape index (κ2) is 5.48. The minimum absolute atomic E-state index is 0.00748. The van der Waals surface area contributed by atoms with Gasteiger partial charge in [-0.3, -0.25) is 4.79 Å². The molecule has 0 spiro atoms. The number of ether oxygens (including phenoxy) is 1. The molecule has 6 heteroatoms. The summed E-state index contributed by atoms with van der Waals surface area (Å²) in [7, 11) is 0. The third-order valence-electron chi connectivity index (χ3n) is 3.12. The Labute approximate surface area is 122 Å². The van der Waals surface area contributed by atoms with E-state index in [0.29, 0.717) is 13.2 Å². The maximum atomic E-state index is 11.1. The van der Waals surface area contributed by atoms with Crippen LogP contribution in [0.25, 0.3) is 0 Å². The molecule has 0 radical (unpaired) electrons. The zero-order chi connectivity index (χ0) is 13.2. The van der Waals surface area contributed by atoms with Gasteiger partial charge in [-0.2, -0.15) is 0 Å². The summed E-state index contributed by atoms with van der Waals surface area (Å²) in [5.41, 5.74) is 2.09. The highest BCUT2D eigenvalue weighted by molar-refractivity contribution is 9.10. The normalized spacial score (nSPS) is 17.8. The van der Waals surface area contributed by atoms with Crippen molar-refractivity contribution < 1.29 is 4.74 Å². The lowest BCUT2D eigenvalue weighted by atomic mass is 10.0. The summed E-state index contributed by atoms with van der Waals surface area (Å²) in [6.07, 6.45) is 0.928. The summed E-state index contributed by atoms with van der Waals surface area (Å²) in [5.74, 6) is 0.936. The highest BCUT2D eigenvalue weighted by Gasteiger charge is 2.21. The van der Waals surface area contributed by atoms with E-state index in [1.807, 2.05) is 17.5 Å². The average Bonchev–Trinajstić information content (AvgIpc) is 2.82. The van der Waals surface area contributed by atoms with Crippen molar-refractivity contribution in [3.63, 3.8) is 0 Å². The Bertz CT molecular complexity index is 638. The molecule has 0 bridgehead atoms. The van der Waals surface area contributed by atoms with Crippen molar-refractivity contribution in [1.29, 1.82) is 0 Å². The third-order valence-corrected chi connectivity index (χ3v) is 4.33. The SMILES string of the molecule is O=c1[nH]c(CNC2CCOc3ccc(Br)cc32)cs1. The van der Waals surface area contributed by atoms with Crippen molar-refractivity contribution in [2.45, 2.75) is 19.0 Å². The Morgan fingerprint density at radius 3 is 3.21 bits per heavy atom. The Kier molecular flexibility index (Phi) is 3.72. The first-order valence-electron chi connectivity index (χ1n) is 6.05. The molecule has 1 aliphatic heterocycles. The van der Waals surface area contributed by atoms with E-state index in [2.05, 4.69) is 32.3 Å². The van der Waals surface area contributed by atoms with Gasteiger partial charge < -0.3 is 15.0 Å². The Morgan fingerprint density at radius 2 is 2.42 bits per heavy atom. The Morgan fingerprint density at radius 1 is 1.53 bits per heavy atom. The summed E-state index contributed by atoms with van der Waals surface area (Å²) in [6, 6.07) is 6.31. The number of thiazole rings is 1. The maximum absolute atomic E-state index is 11.1. The van der Waals surface area contributed by atoms with Crippen molar-refractivity contribution in [1.82, 2.24) is 10.3 Å². The van der Waals surface area contributed by atoms with Crippen LogP contribution in [0.1, 0.15) is 23.7 Å². The lowest BCUT2D eigenvalue weighted by Crippen LogP contribution is -2.27. The van der Waals surface area contributed by atoms with Crippen LogP contribution in [-0.4, -0.2) is 11.6 Å². The molecule has 2 heterocycles. The summed E-state index contributed by atoms with van der Waals surface area (Å²) in [5, 5.41) is 5.33. The lowest BCUT2D eigenvalue weighted by Gasteiger charge is -2.26. The van der Waals surface area contributed by atoms with Gasteiger partial charge in [0.1, 0.15) is 5.75 Å². The quantitative estimate of drug-likeness (QED) is 0.903. The summed E-state index contributed by atoms with van der Waals surface area (Å²) in [4.78, 5) is 13.9. The Balaban J connectivity index is 1.76. The van der Waals surface area contributed by atoms with Gasteiger partial charge in [-0.1, -0.05) is 27.3 Å². The average molecular weight is 341 g/mol. The molecular formula is C13H13BrN2O2S. The van der Waals surface area contributed by atoms with Crippen LogP contribution in [0.2, 0.25) is 0 Å². The molecule has 1 aromatic carbocycles. The van der Waals surface area contributed by atoms with Crippen molar-refractivity contribution in [2.75, 3.05) is 6.61 Å². The number of benzene rings is 1. The highest BCUT2D eigenvalue weighted by Crippen LogP contribution is 2.34. The number of aromatic amines is 1. The van der Waals surface area contributed by atoms with Gasteiger partial charge in [-0.05, 0) is 18.2 Å². The summed E-state index contributed by atoms with van der Waals surface area (Å²) < 4.78 is 6.70. The van der Waals surface area contributed by atoms with Crippen LogP contribution in [0.5, 0.6) is 5.75 Å². The molecule has 1 aromatic heterocycles. The molecule has 0 amide bonds. The van der Waals surface area contributed by atoms with Crippen LogP contribution in [-0.2, 0) is 6.54 Å². The summed E-state index contributed by atoms with van der Waals surface area (Å²) >= 11 is 4.68. The number of rotatable bonds is 3. The van der Waals surface area contributed by atoms with E-state index in [4.69, 9.17) is 4.74 Å². The third kappa shape index (κ3) is 2.91. The molecule has 0 fully saturated rings. The second-order valence-corrected chi connectivity index (χ2v) is 6.18. The van der Waals surface area contributed by atoms with Gasteiger partial charge in [-0.25, -0.2) is 0 Å². The molecule has 0 saturated carbocycles. The summed E-state index contributed by atoms with van der Waals surface area (Å²) in [6.45, 7) is 1.38. The number of H-pyrrole nitrogens is 1. The number of hydrogen-bond donors (Lipinski definition) is 2. The Hall–Kier alpha value is -1.11. The molecule has 0 saturated heterocycles. The molecule has 1 unspecified atom stereocenters. The molecule has 19 heavy (non-hydrogen) atoms. The molecule has 1 atom stereocenters. The van der Waals surface area contributed by atoms with Crippen LogP contribution >= 0.6 is 27.3 Å². The lowest BCUT2D eigenvalue weighted by molar-refractivity contribution is 0.252. The van der Waals surface area contributed by atoms with Gasteiger partial charge in [0.15, 0.2) is 0 Å². The molecule has 1 aliphatic rings. The van der Waals surface area contributed by atoms with E-state index in [1.54, 1.807) is 0 Å². The van der Waals surface area contributed by atoms with Crippen LogP contribution in [0.15, 0.2) is 32.8 Å². The zero-order valence-corrected chi connectivity index (χ0v) is 12.5. The molecule has 100 valence electrons. The van der Waals surface area contributed by atoms with E-state index < -0.39 is 0 Å². The fourth-order valence-electron chi connectivity index (χ4n) is 2.21. The fourth-order valence-corrected chi connectivity index (χ4v) is 3.17. The van der Waals surface area contributed by atoms with Gasteiger partial charge in [0.2, 0.25) is 0 Å². The van der Waals surface area contributed by atoms with E-state index in [0.717, 1.165) is 22.3 Å². The first-order chi connectivity index (χ1) is 9.22. The molecular weight excluding hydrogens is 328 g/mol. The van der Waals surface area contributed by atoms with E-state index in [1.165, 1.54) is 16.9 Å². The molecule has 3 rings (SSSR count). The van der Waals surface area contributed by atoms with E-state index in [-0.39, 0.29) is 10.9 Å². The smallest absolute Gasteiger partial charge is 0.304 e. The molecule has 2 N–H and O–H groups in total. The highest BCUT2D eigenvalue weighted by atomic mass is 79.9. The number of nitrogens with one attached hydrogen (secondary N) is 2. The van der Waals surface area contributed by atoms with Gasteiger partial charge >= 0.3 is 4.87 Å². The molecule has 4 nitrogen and oxygen atoms in total. The zero-order valence-electron chi connectivity index (χ0n) is 10.1. The topological polar surface area (TPSA) is 54.1 Å². The number of halogens is 1. The van der Waals surface area contributed by atoms with Gasteiger partial charge in [0.05, 0.1) is 6.61 Å². The predicted molar refractivity (Wildman–Crippen MR) is 78.8 cm³/mol. The van der Waals surface area contributed by atoms with E-state index >= 15 is 0 Å². The largest absolute Gasteiger partial charge is 0.493 e. The van der Waals surface area contributed by atoms with Crippen molar-refractivity contribution >= 4 is 27.3 Å². The molecule has 0 aliphatic carbocycles. The van der Waals surface area contributed by atoms with Crippen molar-refractivity contribution in [2.24, 2.45) is 0 Å². The second-order valence-electron chi connectivity index (χ2n) is 4.43. The number of fused-ring (bicyclic) bond motifs is 1. The number of aromatic nitrogens is 1. The minimum atomic E-state index is -0.00748. The maximum Gasteiger partial charge on any atom is 0.304 e.